The van der Waals surface area contributed by atoms with Gasteiger partial charge in [-0.05, 0) is 32.0 Å². The monoisotopic (exact) mass is 311 g/mol. The second kappa shape index (κ2) is 5.74. The number of ether oxygens (including phenoxy) is 2. The molecule has 0 saturated heterocycles. The molecule has 0 radical (unpaired) electrons. The lowest BCUT2D eigenvalue weighted by Crippen LogP contribution is -2.21. The first kappa shape index (κ1) is 15.3. The van der Waals surface area contributed by atoms with Crippen LogP contribution in [0.1, 0.15) is 30.0 Å². The topological polar surface area (TPSA) is 87.3 Å². The molecule has 1 aromatic carbocycles. The van der Waals surface area contributed by atoms with Crippen molar-refractivity contribution >= 4 is 17.4 Å². The van der Waals surface area contributed by atoms with Gasteiger partial charge < -0.3 is 15.2 Å². The number of hydrogen-bond donors (Lipinski definition) is 1. The first-order chi connectivity index (χ1) is 9.83. The van der Waals surface area contributed by atoms with Crippen LogP contribution in [0.5, 0.6) is 10.9 Å². The Bertz CT molecular complexity index is 672. The Morgan fingerprint density at radius 2 is 2.14 bits per heavy atom. The van der Waals surface area contributed by atoms with Crippen LogP contribution in [-0.4, -0.2) is 22.4 Å². The Hall–Kier alpha value is -2.06. The lowest BCUT2D eigenvalue weighted by Gasteiger charge is -2.18. The van der Waals surface area contributed by atoms with Crippen LogP contribution in [-0.2, 0) is 10.3 Å². The molecule has 0 bridgehead atoms. The molecule has 0 saturated carbocycles. The molecule has 0 aliphatic carbocycles. The van der Waals surface area contributed by atoms with Crippen LogP contribution in [0.2, 0.25) is 0 Å². The summed E-state index contributed by atoms with van der Waals surface area (Å²) in [5.74, 6) is -1.02. The van der Waals surface area contributed by atoms with Crippen LogP contribution in [0.4, 0.5) is 4.39 Å². The first-order valence-corrected chi connectivity index (χ1v) is 6.77. The van der Waals surface area contributed by atoms with Crippen molar-refractivity contribution < 1.29 is 18.7 Å². The number of halogens is 1. The normalized spacial score (nSPS) is 11.4. The lowest BCUT2D eigenvalue weighted by molar-refractivity contribution is 0.0122. The quantitative estimate of drug-likeness (QED) is 0.916. The molecule has 21 heavy (non-hydrogen) atoms. The number of nitrogens with zero attached hydrogens (tertiary/aromatic N) is 2. The third kappa shape index (κ3) is 3.34. The van der Waals surface area contributed by atoms with Gasteiger partial charge in [0.2, 0.25) is 5.91 Å². The fourth-order valence-corrected chi connectivity index (χ4v) is 2.10. The van der Waals surface area contributed by atoms with Crippen LogP contribution in [0.25, 0.3) is 0 Å². The van der Waals surface area contributed by atoms with Crippen molar-refractivity contribution in [2.75, 3.05) is 7.11 Å². The zero-order chi connectivity index (χ0) is 15.6. The van der Waals surface area contributed by atoms with E-state index in [4.69, 9.17) is 15.2 Å². The van der Waals surface area contributed by atoms with E-state index in [-0.39, 0.29) is 16.5 Å². The van der Waals surface area contributed by atoms with Crippen molar-refractivity contribution in [3.05, 3.63) is 35.4 Å². The van der Waals surface area contributed by atoms with E-state index in [1.54, 1.807) is 21.0 Å². The van der Waals surface area contributed by atoms with Gasteiger partial charge in [0, 0.05) is 24.2 Å². The zero-order valence-electron chi connectivity index (χ0n) is 11.7. The van der Waals surface area contributed by atoms with Gasteiger partial charge in [0.25, 0.3) is 5.19 Å². The van der Waals surface area contributed by atoms with Gasteiger partial charge in [-0.3, -0.25) is 4.79 Å². The van der Waals surface area contributed by atoms with E-state index in [2.05, 4.69) is 9.36 Å². The van der Waals surface area contributed by atoms with Crippen molar-refractivity contribution in [1.82, 2.24) is 9.36 Å². The Balaban J connectivity index is 2.21. The fraction of sp³-hybridized carbons (Fsp3) is 0.308. The van der Waals surface area contributed by atoms with Gasteiger partial charge in [-0.25, -0.2) is 4.39 Å². The molecule has 2 N–H and O–H groups in total. The first-order valence-electron chi connectivity index (χ1n) is 6.00. The summed E-state index contributed by atoms with van der Waals surface area (Å²) in [6.07, 6.45) is 0. The standard InChI is InChI=1S/C13H14FN3O3S/c1-13(2,19-3)11-16-12(21-17-11)20-9-5-4-7(10(15)18)6-8(9)14/h4-6H,1-3H3,(H2,15,18). The molecule has 112 valence electrons. The number of benzene rings is 1. The molecule has 1 aromatic heterocycles. The van der Waals surface area contributed by atoms with Crippen molar-refractivity contribution in [2.24, 2.45) is 5.73 Å². The maximum absolute atomic E-state index is 13.8. The Morgan fingerprint density at radius 3 is 2.71 bits per heavy atom. The van der Waals surface area contributed by atoms with E-state index >= 15 is 0 Å². The van der Waals surface area contributed by atoms with Crippen LogP contribution in [0.15, 0.2) is 18.2 Å². The molecule has 0 spiro atoms. The molecular weight excluding hydrogens is 297 g/mol. The number of aromatic nitrogens is 2. The number of primary amides is 1. The largest absolute Gasteiger partial charge is 0.427 e. The van der Waals surface area contributed by atoms with Crippen molar-refractivity contribution in [1.29, 1.82) is 0 Å². The van der Waals surface area contributed by atoms with E-state index in [1.165, 1.54) is 12.1 Å². The van der Waals surface area contributed by atoms with Crippen molar-refractivity contribution in [3.63, 3.8) is 0 Å². The van der Waals surface area contributed by atoms with Crippen molar-refractivity contribution in [2.45, 2.75) is 19.4 Å². The number of amides is 1. The van der Waals surface area contributed by atoms with Gasteiger partial charge >= 0.3 is 0 Å². The average Bonchev–Trinajstić information content (AvgIpc) is 2.90. The van der Waals surface area contributed by atoms with E-state index in [1.807, 2.05) is 0 Å². The van der Waals surface area contributed by atoms with Gasteiger partial charge in [0.15, 0.2) is 17.4 Å². The predicted molar refractivity (Wildman–Crippen MR) is 74.9 cm³/mol. The smallest absolute Gasteiger partial charge is 0.298 e. The second-order valence-electron chi connectivity index (χ2n) is 4.71. The van der Waals surface area contributed by atoms with Gasteiger partial charge in [-0.2, -0.15) is 9.36 Å². The highest BCUT2D eigenvalue weighted by atomic mass is 32.1. The van der Waals surface area contributed by atoms with Crippen LogP contribution >= 0.6 is 11.5 Å². The van der Waals surface area contributed by atoms with E-state index in [0.29, 0.717) is 5.82 Å². The molecule has 2 rings (SSSR count). The van der Waals surface area contributed by atoms with E-state index in [0.717, 1.165) is 17.6 Å². The Labute approximate surface area is 124 Å². The van der Waals surface area contributed by atoms with Gasteiger partial charge in [0.1, 0.15) is 5.60 Å². The number of rotatable bonds is 5. The SMILES string of the molecule is COC(C)(C)c1nsc(Oc2ccc(C(N)=O)cc2F)n1. The van der Waals surface area contributed by atoms with Gasteiger partial charge in [0.05, 0.1) is 0 Å². The molecule has 8 heteroatoms. The number of nitrogens with two attached hydrogens (primary N) is 1. The Morgan fingerprint density at radius 1 is 1.43 bits per heavy atom. The van der Waals surface area contributed by atoms with Crippen molar-refractivity contribution in [3.8, 4) is 10.9 Å². The van der Waals surface area contributed by atoms with Crippen LogP contribution < -0.4 is 10.5 Å². The number of hydrogen-bond acceptors (Lipinski definition) is 6. The molecule has 1 heterocycles. The predicted octanol–water partition coefficient (Wildman–Crippen LogP) is 2.45. The molecule has 0 atom stereocenters. The van der Waals surface area contributed by atoms with Crippen LogP contribution in [0, 0.1) is 5.82 Å². The minimum absolute atomic E-state index is 0.0575. The highest BCUT2D eigenvalue weighted by Gasteiger charge is 2.25. The molecule has 0 aliphatic rings. The molecule has 0 unspecified atom stereocenters. The fourth-order valence-electron chi connectivity index (χ4n) is 1.42. The highest BCUT2D eigenvalue weighted by molar-refractivity contribution is 7.07. The molecule has 6 nitrogen and oxygen atoms in total. The minimum atomic E-state index is -0.708. The maximum atomic E-state index is 13.8. The summed E-state index contributed by atoms with van der Waals surface area (Å²) in [6.45, 7) is 3.61. The number of methoxy groups -OCH3 is 1. The molecule has 0 fully saturated rings. The third-order valence-electron chi connectivity index (χ3n) is 2.87. The summed E-state index contributed by atoms with van der Waals surface area (Å²) in [6, 6.07) is 3.71. The molecule has 2 aromatic rings. The van der Waals surface area contributed by atoms with Crippen LogP contribution in [0.3, 0.4) is 0 Å². The zero-order valence-corrected chi connectivity index (χ0v) is 12.5. The molecule has 0 aliphatic heterocycles. The average molecular weight is 311 g/mol. The second-order valence-corrected chi connectivity index (χ2v) is 5.42. The van der Waals surface area contributed by atoms with E-state index < -0.39 is 17.3 Å². The third-order valence-corrected chi connectivity index (χ3v) is 3.46. The number of carbonyl (C=O) groups excluding carboxylic acids is 1. The van der Waals surface area contributed by atoms with E-state index in [9.17, 15) is 9.18 Å². The summed E-state index contributed by atoms with van der Waals surface area (Å²) >= 11 is 0.984. The maximum Gasteiger partial charge on any atom is 0.298 e. The summed E-state index contributed by atoms with van der Waals surface area (Å²) in [5, 5.41) is 0.181. The highest BCUT2D eigenvalue weighted by Crippen LogP contribution is 2.30. The minimum Gasteiger partial charge on any atom is -0.427 e. The molecule has 1 amide bonds. The molecular formula is C13H14FN3O3S. The van der Waals surface area contributed by atoms with Gasteiger partial charge in [-0.15, -0.1) is 0 Å². The lowest BCUT2D eigenvalue weighted by atomic mass is 10.1. The summed E-state index contributed by atoms with van der Waals surface area (Å²) in [5.41, 5.74) is 4.48. The summed E-state index contributed by atoms with van der Waals surface area (Å²) < 4.78 is 28.5. The summed E-state index contributed by atoms with van der Waals surface area (Å²) in [7, 11) is 1.55. The van der Waals surface area contributed by atoms with Gasteiger partial charge in [-0.1, -0.05) is 0 Å². The number of carbonyl (C=O) groups is 1. The summed E-state index contributed by atoms with van der Waals surface area (Å²) in [4.78, 5) is 15.1. The Kier molecular flexibility index (Phi) is 4.19.